The molecule has 1 aromatic carbocycles. The smallest absolute Gasteiger partial charge is 0.229 e. The summed E-state index contributed by atoms with van der Waals surface area (Å²) in [5.74, 6) is 1.58. The van der Waals surface area contributed by atoms with Crippen molar-refractivity contribution < 1.29 is 9.47 Å². The number of pyridine rings is 1. The van der Waals surface area contributed by atoms with Crippen molar-refractivity contribution in [2.45, 2.75) is 6.92 Å². The third kappa shape index (κ3) is 3.00. The summed E-state index contributed by atoms with van der Waals surface area (Å²) >= 11 is 4.97. The molecule has 0 aliphatic carbocycles. The molecule has 2 rings (SSSR count). The highest BCUT2D eigenvalue weighted by molar-refractivity contribution is 7.80. The van der Waals surface area contributed by atoms with Crippen molar-refractivity contribution in [3.05, 3.63) is 47.7 Å². The van der Waals surface area contributed by atoms with Gasteiger partial charge in [0.2, 0.25) is 5.88 Å². The highest BCUT2D eigenvalue weighted by atomic mass is 32.1. The largest absolute Gasteiger partial charge is 0.493 e. The van der Waals surface area contributed by atoms with Crippen LogP contribution >= 0.6 is 12.2 Å². The minimum absolute atomic E-state index is 0.245. The predicted octanol–water partition coefficient (Wildman–Crippen LogP) is 2.83. The van der Waals surface area contributed by atoms with Gasteiger partial charge in [-0.05, 0) is 36.8 Å². The number of nitrogens with zero attached hydrogens (tertiary/aromatic N) is 1. The molecule has 2 N–H and O–H groups in total. The lowest BCUT2D eigenvalue weighted by Crippen LogP contribution is -2.11. The molecule has 98 valence electrons. The summed E-state index contributed by atoms with van der Waals surface area (Å²) in [6.07, 6.45) is 1.62. The lowest BCUT2D eigenvalue weighted by molar-refractivity contribution is 0.373. The normalized spacial score (nSPS) is 10.0. The van der Waals surface area contributed by atoms with Gasteiger partial charge in [-0.1, -0.05) is 18.3 Å². The average Bonchev–Trinajstić information content (AvgIpc) is 2.41. The van der Waals surface area contributed by atoms with Crippen LogP contribution in [0, 0.1) is 6.92 Å². The van der Waals surface area contributed by atoms with Crippen LogP contribution in [-0.2, 0) is 0 Å². The molecule has 0 atom stereocenters. The van der Waals surface area contributed by atoms with Crippen molar-refractivity contribution in [1.82, 2.24) is 4.98 Å². The first-order chi connectivity index (χ1) is 9.11. The molecule has 0 radical (unpaired) electrons. The van der Waals surface area contributed by atoms with Gasteiger partial charge in [-0.15, -0.1) is 0 Å². The molecule has 2 aromatic rings. The number of rotatable bonds is 4. The van der Waals surface area contributed by atoms with Crippen molar-refractivity contribution in [3.63, 3.8) is 0 Å². The van der Waals surface area contributed by atoms with Crippen LogP contribution in [0.4, 0.5) is 0 Å². The summed E-state index contributed by atoms with van der Waals surface area (Å²) in [5, 5.41) is 0. The maximum Gasteiger partial charge on any atom is 0.229 e. The van der Waals surface area contributed by atoms with E-state index in [2.05, 4.69) is 4.98 Å². The molecule has 5 heteroatoms. The fraction of sp³-hybridized carbons (Fsp3) is 0.143. The van der Waals surface area contributed by atoms with E-state index in [9.17, 15) is 0 Å². The Morgan fingerprint density at radius 2 is 2.05 bits per heavy atom. The van der Waals surface area contributed by atoms with Gasteiger partial charge in [-0.2, -0.15) is 0 Å². The molecule has 1 heterocycles. The first-order valence-electron chi connectivity index (χ1n) is 5.69. The standard InChI is InChI=1S/C14H14N2O2S/c1-9-5-6-11(12(8-9)17-2)18-14-10(13(15)19)4-3-7-16-14/h3-8H,1-2H3,(H2,15,19). The number of benzene rings is 1. The lowest BCUT2D eigenvalue weighted by Gasteiger charge is -2.12. The fourth-order valence-corrected chi connectivity index (χ4v) is 1.78. The Bertz CT molecular complexity index is 614. The Morgan fingerprint density at radius 3 is 2.74 bits per heavy atom. The number of aryl methyl sites for hydroxylation is 1. The third-order valence-corrected chi connectivity index (χ3v) is 2.78. The van der Waals surface area contributed by atoms with E-state index < -0.39 is 0 Å². The zero-order valence-corrected chi connectivity index (χ0v) is 11.5. The molecule has 0 aliphatic heterocycles. The van der Waals surface area contributed by atoms with E-state index in [0.29, 0.717) is 22.9 Å². The van der Waals surface area contributed by atoms with Crippen LogP contribution in [0.5, 0.6) is 17.4 Å². The van der Waals surface area contributed by atoms with Gasteiger partial charge in [-0.25, -0.2) is 4.98 Å². The molecule has 19 heavy (non-hydrogen) atoms. The second kappa shape index (κ2) is 5.67. The number of nitrogens with two attached hydrogens (primary N) is 1. The quantitative estimate of drug-likeness (QED) is 0.869. The summed E-state index contributed by atoms with van der Waals surface area (Å²) < 4.78 is 11.0. The van der Waals surface area contributed by atoms with Crippen LogP contribution in [0.15, 0.2) is 36.5 Å². The number of methoxy groups -OCH3 is 1. The molecular weight excluding hydrogens is 260 g/mol. The van der Waals surface area contributed by atoms with Gasteiger partial charge < -0.3 is 15.2 Å². The van der Waals surface area contributed by atoms with Crippen molar-refractivity contribution in [2.75, 3.05) is 7.11 Å². The molecule has 1 aromatic heterocycles. The first-order valence-corrected chi connectivity index (χ1v) is 6.10. The number of aromatic nitrogens is 1. The number of thiocarbonyl (C=S) groups is 1. The molecule has 0 saturated carbocycles. The van der Waals surface area contributed by atoms with Gasteiger partial charge in [0.25, 0.3) is 0 Å². The van der Waals surface area contributed by atoms with Gasteiger partial charge in [0.1, 0.15) is 4.99 Å². The topological polar surface area (TPSA) is 57.4 Å². The monoisotopic (exact) mass is 274 g/mol. The molecule has 0 amide bonds. The van der Waals surface area contributed by atoms with E-state index in [1.165, 1.54) is 0 Å². The second-order valence-corrected chi connectivity index (χ2v) is 4.42. The van der Waals surface area contributed by atoms with Crippen LogP contribution in [-0.4, -0.2) is 17.1 Å². The van der Waals surface area contributed by atoms with Gasteiger partial charge in [0.15, 0.2) is 11.5 Å². The Balaban J connectivity index is 2.39. The molecule has 0 saturated heterocycles. The third-order valence-electron chi connectivity index (χ3n) is 2.56. The summed E-state index contributed by atoms with van der Waals surface area (Å²) in [6.45, 7) is 1.98. The molecule has 4 nitrogen and oxygen atoms in total. The van der Waals surface area contributed by atoms with Crippen LogP contribution < -0.4 is 15.2 Å². The van der Waals surface area contributed by atoms with E-state index in [4.69, 9.17) is 27.4 Å². The molecular formula is C14H14N2O2S. The van der Waals surface area contributed by atoms with E-state index in [0.717, 1.165) is 5.56 Å². The maximum absolute atomic E-state index is 5.74. The Kier molecular flexibility index (Phi) is 3.97. The van der Waals surface area contributed by atoms with Crippen molar-refractivity contribution in [2.24, 2.45) is 5.73 Å². The SMILES string of the molecule is COc1cc(C)ccc1Oc1ncccc1C(N)=S. The van der Waals surface area contributed by atoms with Gasteiger partial charge in [0, 0.05) is 6.20 Å². The van der Waals surface area contributed by atoms with E-state index >= 15 is 0 Å². The summed E-state index contributed by atoms with van der Waals surface area (Å²) in [5.41, 5.74) is 7.32. The zero-order chi connectivity index (χ0) is 13.8. The van der Waals surface area contributed by atoms with Crippen molar-refractivity contribution >= 4 is 17.2 Å². The number of ether oxygens (including phenoxy) is 2. The number of hydrogen-bond donors (Lipinski definition) is 1. The maximum atomic E-state index is 5.74. The Labute approximate surface area is 117 Å². The molecule has 0 aliphatic rings. The fourth-order valence-electron chi connectivity index (χ4n) is 1.62. The summed E-state index contributed by atoms with van der Waals surface area (Å²) in [4.78, 5) is 4.39. The average molecular weight is 274 g/mol. The van der Waals surface area contributed by atoms with Crippen molar-refractivity contribution in [3.8, 4) is 17.4 Å². The van der Waals surface area contributed by atoms with Gasteiger partial charge >= 0.3 is 0 Å². The van der Waals surface area contributed by atoms with E-state index in [1.54, 1.807) is 25.4 Å². The zero-order valence-electron chi connectivity index (χ0n) is 10.7. The Hall–Kier alpha value is -2.14. The van der Waals surface area contributed by atoms with E-state index in [-0.39, 0.29) is 4.99 Å². The van der Waals surface area contributed by atoms with Crippen LogP contribution in [0.3, 0.4) is 0 Å². The lowest BCUT2D eigenvalue weighted by atomic mass is 10.2. The molecule has 0 spiro atoms. The van der Waals surface area contributed by atoms with Crippen molar-refractivity contribution in [1.29, 1.82) is 0 Å². The van der Waals surface area contributed by atoms with Crippen LogP contribution in [0.25, 0.3) is 0 Å². The molecule has 0 bridgehead atoms. The number of hydrogen-bond acceptors (Lipinski definition) is 4. The van der Waals surface area contributed by atoms with Crippen LogP contribution in [0.1, 0.15) is 11.1 Å². The highest BCUT2D eigenvalue weighted by Crippen LogP contribution is 2.32. The molecule has 0 fully saturated rings. The Morgan fingerprint density at radius 1 is 1.26 bits per heavy atom. The van der Waals surface area contributed by atoms with Gasteiger partial charge in [-0.3, -0.25) is 0 Å². The second-order valence-electron chi connectivity index (χ2n) is 3.98. The molecule has 0 unspecified atom stereocenters. The minimum atomic E-state index is 0.245. The predicted molar refractivity (Wildman–Crippen MR) is 77.9 cm³/mol. The summed E-state index contributed by atoms with van der Waals surface area (Å²) in [6, 6.07) is 9.17. The summed E-state index contributed by atoms with van der Waals surface area (Å²) in [7, 11) is 1.59. The van der Waals surface area contributed by atoms with Gasteiger partial charge in [0.05, 0.1) is 12.7 Å². The first kappa shape index (κ1) is 13.3. The highest BCUT2D eigenvalue weighted by Gasteiger charge is 2.11. The van der Waals surface area contributed by atoms with E-state index in [1.807, 2.05) is 25.1 Å². The minimum Gasteiger partial charge on any atom is -0.493 e. The van der Waals surface area contributed by atoms with Crippen LogP contribution in [0.2, 0.25) is 0 Å².